The highest BCUT2D eigenvalue weighted by atomic mass is 32.1. The van der Waals surface area contributed by atoms with Crippen LogP contribution >= 0.6 is 23.6 Å². The molecule has 0 radical (unpaired) electrons. The Morgan fingerprint density at radius 1 is 1.23 bits per heavy atom. The SMILES string of the molecule is O=C(c1cccs1)[C@@H]1[C@@H](c2ccc(F)cc2)NC(=S)N[C@@]1(O)C(F)(F)F. The van der Waals surface area contributed by atoms with Crippen LogP contribution in [0.2, 0.25) is 0 Å². The van der Waals surface area contributed by atoms with Crippen LogP contribution in [0.5, 0.6) is 0 Å². The Hall–Kier alpha value is -2.04. The van der Waals surface area contributed by atoms with Crippen LogP contribution < -0.4 is 10.6 Å². The second-order valence-corrected chi connectivity index (χ2v) is 7.07. The van der Waals surface area contributed by atoms with Crippen LogP contribution in [-0.2, 0) is 0 Å². The lowest BCUT2D eigenvalue weighted by atomic mass is 9.79. The molecular formula is C16H12F4N2O2S2. The monoisotopic (exact) mass is 404 g/mol. The standard InChI is InChI=1S/C16H12F4N2O2S2/c17-9-5-3-8(4-6-9)12-11(13(23)10-2-1-7-26-10)15(24,16(18,19)20)22-14(25)21-12/h1-7,11-12,24H,(H2,21,22,25)/t11-,12+,15-/m0/s1. The molecule has 3 rings (SSSR count). The first-order valence-corrected chi connectivity index (χ1v) is 8.63. The zero-order valence-electron chi connectivity index (χ0n) is 12.9. The van der Waals surface area contributed by atoms with Crippen LogP contribution in [-0.4, -0.2) is 27.9 Å². The van der Waals surface area contributed by atoms with E-state index in [2.05, 4.69) is 5.32 Å². The predicted molar refractivity (Wildman–Crippen MR) is 91.2 cm³/mol. The van der Waals surface area contributed by atoms with Crippen molar-refractivity contribution in [3.63, 3.8) is 0 Å². The van der Waals surface area contributed by atoms with E-state index in [1.807, 2.05) is 0 Å². The molecule has 0 bridgehead atoms. The summed E-state index contributed by atoms with van der Waals surface area (Å²) < 4.78 is 54.3. The van der Waals surface area contributed by atoms with Gasteiger partial charge in [-0.25, -0.2) is 4.39 Å². The fourth-order valence-electron chi connectivity index (χ4n) is 2.86. The molecule has 0 amide bonds. The molecule has 1 aliphatic heterocycles. The minimum absolute atomic E-state index is 0.0567. The lowest BCUT2D eigenvalue weighted by Crippen LogP contribution is -2.72. The Labute approximate surface area is 154 Å². The van der Waals surface area contributed by atoms with Gasteiger partial charge in [0.05, 0.1) is 10.9 Å². The largest absolute Gasteiger partial charge is 0.437 e. The molecule has 138 valence electrons. The maximum atomic E-state index is 13.7. The zero-order chi connectivity index (χ0) is 19.1. The lowest BCUT2D eigenvalue weighted by Gasteiger charge is -2.46. The molecule has 4 nitrogen and oxygen atoms in total. The van der Waals surface area contributed by atoms with Gasteiger partial charge in [-0.3, -0.25) is 4.79 Å². The Morgan fingerprint density at radius 2 is 1.88 bits per heavy atom. The average molecular weight is 404 g/mol. The third kappa shape index (κ3) is 3.19. The quantitative estimate of drug-likeness (QED) is 0.417. The van der Waals surface area contributed by atoms with Crippen LogP contribution in [0.1, 0.15) is 21.3 Å². The zero-order valence-corrected chi connectivity index (χ0v) is 14.5. The maximum absolute atomic E-state index is 13.7. The molecule has 1 aromatic carbocycles. The molecule has 10 heteroatoms. The Balaban J connectivity index is 2.14. The number of alkyl halides is 3. The van der Waals surface area contributed by atoms with Crippen molar-refractivity contribution in [1.82, 2.24) is 10.6 Å². The van der Waals surface area contributed by atoms with E-state index < -0.39 is 40.6 Å². The topological polar surface area (TPSA) is 61.4 Å². The number of hydrogen-bond donors (Lipinski definition) is 3. The molecule has 0 spiro atoms. The number of halogens is 4. The highest BCUT2D eigenvalue weighted by Crippen LogP contribution is 2.44. The van der Waals surface area contributed by atoms with E-state index in [0.29, 0.717) is 0 Å². The molecule has 1 aromatic heterocycles. The molecule has 2 aromatic rings. The summed E-state index contributed by atoms with van der Waals surface area (Å²) in [5.74, 6) is -3.47. The normalized spacial score (nSPS) is 26.1. The number of carbonyl (C=O) groups is 1. The summed E-state index contributed by atoms with van der Waals surface area (Å²) in [5, 5.41) is 15.9. The fraction of sp³-hybridized carbons (Fsp3) is 0.250. The number of thiocarbonyl (C=S) groups is 1. The minimum Gasteiger partial charge on any atom is -0.363 e. The van der Waals surface area contributed by atoms with Crippen molar-refractivity contribution in [2.75, 3.05) is 0 Å². The molecule has 2 heterocycles. The van der Waals surface area contributed by atoms with Crippen molar-refractivity contribution in [2.24, 2.45) is 5.92 Å². The van der Waals surface area contributed by atoms with Crippen LogP contribution in [0.25, 0.3) is 0 Å². The van der Waals surface area contributed by atoms with Gasteiger partial charge in [0, 0.05) is 0 Å². The highest BCUT2D eigenvalue weighted by Gasteiger charge is 2.65. The van der Waals surface area contributed by atoms with Crippen molar-refractivity contribution in [2.45, 2.75) is 17.9 Å². The Morgan fingerprint density at radius 3 is 2.42 bits per heavy atom. The Bertz CT molecular complexity index is 824. The second kappa shape index (κ2) is 6.60. The molecular weight excluding hydrogens is 392 g/mol. The maximum Gasteiger partial charge on any atom is 0.437 e. The smallest absolute Gasteiger partial charge is 0.363 e. The van der Waals surface area contributed by atoms with Gasteiger partial charge in [-0.1, -0.05) is 18.2 Å². The fourth-order valence-corrected chi connectivity index (χ4v) is 3.85. The van der Waals surface area contributed by atoms with Crippen molar-refractivity contribution >= 4 is 34.5 Å². The van der Waals surface area contributed by atoms with E-state index in [4.69, 9.17) is 12.2 Å². The van der Waals surface area contributed by atoms with E-state index in [9.17, 15) is 27.5 Å². The number of nitrogens with one attached hydrogen (secondary N) is 2. The van der Waals surface area contributed by atoms with Crippen molar-refractivity contribution in [1.29, 1.82) is 0 Å². The van der Waals surface area contributed by atoms with Gasteiger partial charge in [0.1, 0.15) is 11.7 Å². The molecule has 0 aliphatic carbocycles. The first kappa shape index (κ1) is 18.7. The molecule has 1 aliphatic rings. The summed E-state index contributed by atoms with van der Waals surface area (Å²) in [6.45, 7) is 0. The van der Waals surface area contributed by atoms with Gasteiger partial charge in [0.25, 0.3) is 0 Å². The van der Waals surface area contributed by atoms with E-state index in [1.54, 1.807) is 10.7 Å². The molecule has 1 saturated heterocycles. The average Bonchev–Trinajstić information content (AvgIpc) is 3.08. The predicted octanol–water partition coefficient (Wildman–Crippen LogP) is 3.16. The Kier molecular flexibility index (Phi) is 4.76. The van der Waals surface area contributed by atoms with Crippen LogP contribution in [0.3, 0.4) is 0 Å². The van der Waals surface area contributed by atoms with Gasteiger partial charge in [-0.2, -0.15) is 13.2 Å². The number of hydrogen-bond acceptors (Lipinski definition) is 4. The molecule has 26 heavy (non-hydrogen) atoms. The second-order valence-electron chi connectivity index (χ2n) is 5.71. The summed E-state index contributed by atoms with van der Waals surface area (Å²) in [6, 6.07) is 6.19. The molecule has 0 unspecified atom stereocenters. The van der Waals surface area contributed by atoms with Crippen molar-refractivity contribution < 1.29 is 27.5 Å². The summed E-state index contributed by atoms with van der Waals surface area (Å²) in [6.07, 6.45) is -5.19. The third-order valence-corrected chi connectivity index (χ3v) is 5.19. The molecule has 0 saturated carbocycles. The first-order valence-electron chi connectivity index (χ1n) is 7.34. The first-order chi connectivity index (χ1) is 12.1. The van der Waals surface area contributed by atoms with E-state index in [0.717, 1.165) is 23.5 Å². The number of Topliss-reactive ketones (excluding diaryl/α,β-unsaturated/α-hetero) is 1. The van der Waals surface area contributed by atoms with Crippen LogP contribution in [0.4, 0.5) is 17.6 Å². The van der Waals surface area contributed by atoms with E-state index in [1.165, 1.54) is 24.3 Å². The molecule has 3 N–H and O–H groups in total. The highest BCUT2D eigenvalue weighted by molar-refractivity contribution is 7.80. The van der Waals surface area contributed by atoms with Gasteiger partial charge in [-0.15, -0.1) is 11.3 Å². The van der Waals surface area contributed by atoms with E-state index >= 15 is 0 Å². The number of ketones is 1. The summed E-state index contributed by atoms with van der Waals surface area (Å²) in [4.78, 5) is 12.9. The number of rotatable bonds is 3. The van der Waals surface area contributed by atoms with Crippen LogP contribution in [0.15, 0.2) is 41.8 Å². The van der Waals surface area contributed by atoms with Crippen molar-refractivity contribution in [3.8, 4) is 0 Å². The van der Waals surface area contributed by atoms with Gasteiger partial charge < -0.3 is 15.7 Å². The molecule has 1 fully saturated rings. The number of aliphatic hydroxyl groups is 1. The van der Waals surface area contributed by atoms with Crippen LogP contribution in [0, 0.1) is 11.7 Å². The minimum atomic E-state index is -5.19. The number of thiophene rings is 1. The van der Waals surface area contributed by atoms with Gasteiger partial charge in [0.2, 0.25) is 5.72 Å². The summed E-state index contributed by atoms with van der Waals surface area (Å²) in [5.41, 5.74) is -3.39. The lowest BCUT2D eigenvalue weighted by molar-refractivity contribution is -0.285. The third-order valence-electron chi connectivity index (χ3n) is 4.08. The summed E-state index contributed by atoms with van der Waals surface area (Å²) >= 11 is 5.76. The summed E-state index contributed by atoms with van der Waals surface area (Å²) in [7, 11) is 0. The van der Waals surface area contributed by atoms with Gasteiger partial charge in [0.15, 0.2) is 10.9 Å². The van der Waals surface area contributed by atoms with Crippen molar-refractivity contribution in [3.05, 3.63) is 58.0 Å². The number of benzene rings is 1. The van der Waals surface area contributed by atoms with Gasteiger partial charge >= 0.3 is 6.18 Å². The van der Waals surface area contributed by atoms with Gasteiger partial charge in [-0.05, 0) is 41.4 Å². The van der Waals surface area contributed by atoms with E-state index in [-0.39, 0.29) is 10.4 Å². The number of carbonyl (C=O) groups excluding carboxylic acids is 1. The molecule has 3 atom stereocenters.